The number of benzene rings is 1. The molecule has 3 rings (SSSR count). The van der Waals surface area contributed by atoms with Crippen LogP contribution in [0.4, 0.5) is 5.69 Å². The van der Waals surface area contributed by atoms with Crippen LogP contribution in [-0.2, 0) is 4.74 Å². The van der Waals surface area contributed by atoms with Crippen LogP contribution < -0.4 is 10.6 Å². The predicted octanol–water partition coefficient (Wildman–Crippen LogP) is 1.53. The highest BCUT2D eigenvalue weighted by molar-refractivity contribution is 6.31. The third-order valence-corrected chi connectivity index (χ3v) is 4.55. The fraction of sp³-hybridized carbons (Fsp3) is 0.533. The molecule has 1 aromatic carbocycles. The average Bonchev–Trinajstić information content (AvgIpc) is 2.97. The summed E-state index contributed by atoms with van der Waals surface area (Å²) < 4.78 is 5.42. The molecule has 3 N–H and O–H groups in total. The number of rotatable bonds is 3. The Balaban J connectivity index is 1.76. The van der Waals surface area contributed by atoms with Gasteiger partial charge in [0.2, 0.25) is 0 Å². The fourth-order valence-electron chi connectivity index (χ4n) is 3.20. The van der Waals surface area contributed by atoms with Crippen LogP contribution in [0, 0.1) is 5.41 Å². The molecule has 0 aromatic heterocycles. The van der Waals surface area contributed by atoms with Gasteiger partial charge in [-0.1, -0.05) is 11.6 Å². The molecule has 2 saturated heterocycles. The highest BCUT2D eigenvalue weighted by Gasteiger charge is 2.30. The van der Waals surface area contributed by atoms with Crippen molar-refractivity contribution in [3.8, 4) is 0 Å². The Kier molecular flexibility index (Phi) is 4.33. The SMILES string of the molecule is N=C(N)c1ccc(Cl)cc1N1CCC(N2CCOCC2)C1. The molecule has 1 aromatic rings. The van der Waals surface area contributed by atoms with Crippen molar-refractivity contribution in [2.45, 2.75) is 12.5 Å². The van der Waals surface area contributed by atoms with Gasteiger partial charge < -0.3 is 15.4 Å². The van der Waals surface area contributed by atoms with Gasteiger partial charge in [-0.15, -0.1) is 0 Å². The lowest BCUT2D eigenvalue weighted by atomic mass is 10.1. The van der Waals surface area contributed by atoms with Gasteiger partial charge in [-0.3, -0.25) is 10.3 Å². The molecule has 5 nitrogen and oxygen atoms in total. The van der Waals surface area contributed by atoms with Crippen molar-refractivity contribution in [2.24, 2.45) is 5.73 Å². The maximum atomic E-state index is 7.74. The minimum atomic E-state index is 0.0940. The first kappa shape index (κ1) is 14.6. The van der Waals surface area contributed by atoms with Crippen molar-refractivity contribution < 1.29 is 4.74 Å². The summed E-state index contributed by atoms with van der Waals surface area (Å²) in [5.41, 5.74) is 7.44. The third-order valence-electron chi connectivity index (χ3n) is 4.32. The number of nitrogens with one attached hydrogen (secondary N) is 1. The van der Waals surface area contributed by atoms with E-state index < -0.39 is 0 Å². The van der Waals surface area contributed by atoms with E-state index in [0.717, 1.165) is 57.1 Å². The number of amidine groups is 1. The Morgan fingerprint density at radius 3 is 2.76 bits per heavy atom. The summed E-state index contributed by atoms with van der Waals surface area (Å²) in [6.07, 6.45) is 1.13. The maximum Gasteiger partial charge on any atom is 0.124 e. The Morgan fingerprint density at radius 1 is 1.29 bits per heavy atom. The minimum Gasteiger partial charge on any atom is -0.384 e. The molecule has 0 saturated carbocycles. The Morgan fingerprint density at radius 2 is 2.05 bits per heavy atom. The molecule has 114 valence electrons. The van der Waals surface area contributed by atoms with Crippen LogP contribution in [0.1, 0.15) is 12.0 Å². The average molecular weight is 309 g/mol. The predicted molar refractivity (Wildman–Crippen MR) is 85.5 cm³/mol. The highest BCUT2D eigenvalue weighted by atomic mass is 35.5. The van der Waals surface area contributed by atoms with Gasteiger partial charge in [-0.25, -0.2) is 0 Å². The molecule has 2 aliphatic rings. The topological polar surface area (TPSA) is 65.6 Å². The Hall–Kier alpha value is -1.30. The molecule has 0 bridgehead atoms. The maximum absolute atomic E-state index is 7.74. The van der Waals surface area contributed by atoms with E-state index in [2.05, 4.69) is 9.80 Å². The summed E-state index contributed by atoms with van der Waals surface area (Å²) >= 11 is 6.12. The molecule has 0 radical (unpaired) electrons. The number of nitrogens with two attached hydrogens (primary N) is 1. The number of anilines is 1. The monoisotopic (exact) mass is 308 g/mol. The first-order chi connectivity index (χ1) is 10.1. The summed E-state index contributed by atoms with van der Waals surface area (Å²) in [5.74, 6) is 0.0940. The van der Waals surface area contributed by atoms with Crippen LogP contribution in [0.3, 0.4) is 0 Å². The number of nitrogens with zero attached hydrogens (tertiary/aromatic N) is 2. The molecule has 1 atom stereocenters. The number of morpholine rings is 1. The van der Waals surface area contributed by atoms with Crippen LogP contribution in [0.2, 0.25) is 5.02 Å². The smallest absolute Gasteiger partial charge is 0.124 e. The van der Waals surface area contributed by atoms with Crippen molar-refractivity contribution in [3.05, 3.63) is 28.8 Å². The van der Waals surface area contributed by atoms with Crippen LogP contribution in [0.15, 0.2) is 18.2 Å². The summed E-state index contributed by atoms with van der Waals surface area (Å²) in [4.78, 5) is 4.80. The van der Waals surface area contributed by atoms with Gasteiger partial charge in [-0.2, -0.15) is 0 Å². The lowest BCUT2D eigenvalue weighted by Crippen LogP contribution is -2.44. The standard InChI is InChI=1S/C15H21ClN4O/c16-11-1-2-13(15(17)18)14(9-11)20-4-3-12(10-20)19-5-7-21-8-6-19/h1-2,9,12H,3-8,10H2,(H3,17,18). The van der Waals surface area contributed by atoms with Crippen molar-refractivity contribution in [3.63, 3.8) is 0 Å². The summed E-state index contributed by atoms with van der Waals surface area (Å²) in [5, 5.41) is 8.42. The number of hydrogen-bond donors (Lipinski definition) is 2. The van der Waals surface area contributed by atoms with E-state index in [0.29, 0.717) is 11.1 Å². The van der Waals surface area contributed by atoms with E-state index >= 15 is 0 Å². The Bertz CT molecular complexity index is 530. The molecule has 21 heavy (non-hydrogen) atoms. The molecular weight excluding hydrogens is 288 g/mol. The van der Waals surface area contributed by atoms with Gasteiger partial charge in [0, 0.05) is 48.5 Å². The molecule has 2 fully saturated rings. The summed E-state index contributed by atoms with van der Waals surface area (Å²) in [7, 11) is 0. The molecular formula is C15H21ClN4O. The zero-order valence-corrected chi connectivity index (χ0v) is 12.8. The molecule has 0 spiro atoms. The quantitative estimate of drug-likeness (QED) is 0.656. The second-order valence-corrected chi connectivity index (χ2v) is 6.05. The van der Waals surface area contributed by atoms with Gasteiger partial charge >= 0.3 is 0 Å². The van der Waals surface area contributed by atoms with Crippen molar-refractivity contribution >= 4 is 23.1 Å². The molecule has 2 heterocycles. The zero-order valence-electron chi connectivity index (χ0n) is 12.0. The molecule has 6 heteroatoms. The van der Waals surface area contributed by atoms with E-state index in [1.165, 1.54) is 0 Å². The first-order valence-electron chi connectivity index (χ1n) is 7.36. The molecule has 2 aliphatic heterocycles. The minimum absolute atomic E-state index is 0.0940. The van der Waals surface area contributed by atoms with E-state index in [9.17, 15) is 0 Å². The van der Waals surface area contributed by atoms with E-state index in [1.807, 2.05) is 12.1 Å². The lowest BCUT2D eigenvalue weighted by molar-refractivity contribution is 0.0209. The normalized spacial score (nSPS) is 23.5. The van der Waals surface area contributed by atoms with Gasteiger partial charge in [0.25, 0.3) is 0 Å². The third kappa shape index (κ3) is 3.15. The van der Waals surface area contributed by atoms with Crippen molar-refractivity contribution in [2.75, 3.05) is 44.3 Å². The second kappa shape index (κ2) is 6.22. The van der Waals surface area contributed by atoms with Crippen molar-refractivity contribution in [1.82, 2.24) is 4.90 Å². The van der Waals surface area contributed by atoms with E-state index in [1.54, 1.807) is 6.07 Å². The first-order valence-corrected chi connectivity index (χ1v) is 7.73. The van der Waals surface area contributed by atoms with Crippen molar-refractivity contribution in [1.29, 1.82) is 5.41 Å². The molecule has 0 aliphatic carbocycles. The van der Waals surface area contributed by atoms with Crippen LogP contribution >= 0.6 is 11.6 Å². The van der Waals surface area contributed by atoms with Gasteiger partial charge in [0.1, 0.15) is 5.84 Å². The summed E-state index contributed by atoms with van der Waals surface area (Å²) in [6, 6.07) is 6.09. The molecule has 1 unspecified atom stereocenters. The van der Waals surface area contributed by atoms with Gasteiger partial charge in [0.05, 0.1) is 13.2 Å². The van der Waals surface area contributed by atoms with E-state index in [4.69, 9.17) is 27.5 Å². The summed E-state index contributed by atoms with van der Waals surface area (Å²) in [6.45, 7) is 5.60. The lowest BCUT2D eigenvalue weighted by Gasteiger charge is -2.32. The zero-order chi connectivity index (χ0) is 14.8. The number of hydrogen-bond acceptors (Lipinski definition) is 4. The van der Waals surface area contributed by atoms with Crippen LogP contribution in [0.5, 0.6) is 0 Å². The number of halogens is 1. The fourth-order valence-corrected chi connectivity index (χ4v) is 3.36. The van der Waals surface area contributed by atoms with Gasteiger partial charge in [-0.05, 0) is 24.6 Å². The van der Waals surface area contributed by atoms with Gasteiger partial charge in [0.15, 0.2) is 0 Å². The number of nitrogen functional groups attached to an aromatic ring is 1. The largest absolute Gasteiger partial charge is 0.384 e. The molecule has 0 amide bonds. The van der Waals surface area contributed by atoms with Crippen LogP contribution in [-0.4, -0.2) is 56.2 Å². The van der Waals surface area contributed by atoms with E-state index in [-0.39, 0.29) is 5.84 Å². The highest BCUT2D eigenvalue weighted by Crippen LogP contribution is 2.29. The number of ether oxygens (including phenoxy) is 1. The van der Waals surface area contributed by atoms with Crippen LogP contribution in [0.25, 0.3) is 0 Å². The second-order valence-electron chi connectivity index (χ2n) is 5.61. The Labute approximate surface area is 130 Å².